The van der Waals surface area contributed by atoms with E-state index in [-0.39, 0.29) is 18.2 Å². The van der Waals surface area contributed by atoms with Gasteiger partial charge in [-0.05, 0) is 32.3 Å². The molecule has 18 heavy (non-hydrogen) atoms. The highest BCUT2D eigenvalue weighted by molar-refractivity contribution is 5.89. The Morgan fingerprint density at radius 3 is 2.78 bits per heavy atom. The number of esters is 1. The molecule has 0 aromatic carbocycles. The molecule has 0 bridgehead atoms. The van der Waals surface area contributed by atoms with Gasteiger partial charge in [0.05, 0.1) is 24.9 Å². The average Bonchev–Trinajstić information content (AvgIpc) is 3.15. The van der Waals surface area contributed by atoms with E-state index in [1.165, 1.54) is 0 Å². The van der Waals surface area contributed by atoms with Crippen LogP contribution < -0.4 is 5.32 Å². The molecule has 1 aliphatic carbocycles. The minimum atomic E-state index is -0.192. The first-order valence-corrected chi connectivity index (χ1v) is 6.98. The molecule has 1 saturated heterocycles. The predicted molar refractivity (Wildman–Crippen MR) is 69.3 cm³/mol. The number of carbonyl (C=O) groups excluding carboxylic acids is 1. The third-order valence-electron chi connectivity index (χ3n) is 3.69. The summed E-state index contributed by atoms with van der Waals surface area (Å²) >= 11 is 0. The molecule has 1 N–H and O–H groups in total. The second-order valence-electron chi connectivity index (χ2n) is 4.95. The molecule has 1 aliphatic heterocycles. The van der Waals surface area contributed by atoms with Crippen LogP contribution in [0.2, 0.25) is 0 Å². The molecule has 4 nitrogen and oxygen atoms in total. The van der Waals surface area contributed by atoms with E-state index in [2.05, 4.69) is 19.2 Å². The zero-order chi connectivity index (χ0) is 13.1. The van der Waals surface area contributed by atoms with Crippen molar-refractivity contribution < 1.29 is 14.3 Å². The van der Waals surface area contributed by atoms with E-state index in [0.717, 1.165) is 24.8 Å². The van der Waals surface area contributed by atoms with E-state index in [1.807, 2.05) is 13.0 Å². The van der Waals surface area contributed by atoms with Crippen molar-refractivity contribution in [3.8, 4) is 0 Å². The smallest absolute Gasteiger partial charge is 0.333 e. The van der Waals surface area contributed by atoms with Crippen LogP contribution in [0.5, 0.6) is 0 Å². The molecule has 1 fully saturated rings. The van der Waals surface area contributed by atoms with Gasteiger partial charge in [0.1, 0.15) is 0 Å². The number of carbonyl (C=O) groups is 1. The van der Waals surface area contributed by atoms with Crippen molar-refractivity contribution >= 4 is 5.97 Å². The van der Waals surface area contributed by atoms with Crippen LogP contribution in [-0.2, 0) is 14.3 Å². The maximum atomic E-state index is 11.8. The van der Waals surface area contributed by atoms with Crippen LogP contribution in [-0.4, -0.2) is 36.9 Å². The van der Waals surface area contributed by atoms with Gasteiger partial charge in [-0.2, -0.15) is 0 Å². The standard InChI is InChI=1S/C14H23NO3/c1-4-10(5-2)18-12-8-9(14(16)17-6-3)7-11-13(12)15-11/h8,10-13,15H,4-7H2,1-3H3/t11-,12+,13-/m1/s1. The quantitative estimate of drug-likeness (QED) is 0.579. The van der Waals surface area contributed by atoms with Crippen LogP contribution in [0.15, 0.2) is 11.6 Å². The van der Waals surface area contributed by atoms with Crippen molar-refractivity contribution in [3.05, 3.63) is 11.6 Å². The number of rotatable bonds is 6. The fourth-order valence-corrected chi connectivity index (χ4v) is 2.51. The lowest BCUT2D eigenvalue weighted by Gasteiger charge is -2.23. The minimum Gasteiger partial charge on any atom is -0.463 e. The van der Waals surface area contributed by atoms with Gasteiger partial charge in [-0.1, -0.05) is 13.8 Å². The highest BCUT2D eigenvalue weighted by Crippen LogP contribution is 2.32. The lowest BCUT2D eigenvalue weighted by atomic mass is 9.97. The third kappa shape index (κ3) is 2.93. The van der Waals surface area contributed by atoms with Gasteiger partial charge in [0.2, 0.25) is 0 Å². The summed E-state index contributed by atoms with van der Waals surface area (Å²) in [6.07, 6.45) is 5.04. The van der Waals surface area contributed by atoms with Gasteiger partial charge in [0.15, 0.2) is 0 Å². The lowest BCUT2D eigenvalue weighted by Crippen LogP contribution is -2.30. The predicted octanol–water partition coefficient (Wildman–Crippen LogP) is 1.79. The van der Waals surface area contributed by atoms with Crippen LogP contribution in [0, 0.1) is 0 Å². The third-order valence-corrected chi connectivity index (χ3v) is 3.69. The van der Waals surface area contributed by atoms with Crippen molar-refractivity contribution in [2.75, 3.05) is 6.61 Å². The molecule has 0 amide bonds. The summed E-state index contributed by atoms with van der Waals surface area (Å²) in [4.78, 5) is 11.8. The maximum Gasteiger partial charge on any atom is 0.333 e. The van der Waals surface area contributed by atoms with Gasteiger partial charge >= 0.3 is 5.97 Å². The number of nitrogens with one attached hydrogen (secondary N) is 1. The van der Waals surface area contributed by atoms with Gasteiger partial charge in [0.25, 0.3) is 0 Å². The summed E-state index contributed by atoms with van der Waals surface area (Å²) in [6.45, 7) is 6.52. The largest absolute Gasteiger partial charge is 0.463 e. The molecule has 4 heteroatoms. The van der Waals surface area contributed by atoms with Crippen molar-refractivity contribution in [3.63, 3.8) is 0 Å². The molecular formula is C14H23NO3. The van der Waals surface area contributed by atoms with E-state index >= 15 is 0 Å². The van der Waals surface area contributed by atoms with E-state index in [4.69, 9.17) is 9.47 Å². The average molecular weight is 253 g/mol. The summed E-state index contributed by atoms with van der Waals surface area (Å²) < 4.78 is 11.1. The Labute approximate surface area is 109 Å². The van der Waals surface area contributed by atoms with Gasteiger partial charge in [-0.3, -0.25) is 0 Å². The van der Waals surface area contributed by atoms with Gasteiger partial charge in [-0.25, -0.2) is 4.79 Å². The van der Waals surface area contributed by atoms with Crippen molar-refractivity contribution in [1.82, 2.24) is 5.32 Å². The summed E-state index contributed by atoms with van der Waals surface area (Å²) in [5.74, 6) is -0.192. The highest BCUT2D eigenvalue weighted by Gasteiger charge is 2.47. The lowest BCUT2D eigenvalue weighted by molar-refractivity contribution is -0.138. The molecule has 2 aliphatic rings. The Hall–Kier alpha value is -0.870. The summed E-state index contributed by atoms with van der Waals surface area (Å²) in [6, 6.07) is 0.789. The molecule has 0 aromatic heterocycles. The van der Waals surface area contributed by atoms with Crippen LogP contribution in [0.1, 0.15) is 40.0 Å². The van der Waals surface area contributed by atoms with Crippen molar-refractivity contribution in [2.24, 2.45) is 0 Å². The van der Waals surface area contributed by atoms with Crippen LogP contribution in [0.3, 0.4) is 0 Å². The molecule has 0 radical (unpaired) electrons. The molecule has 0 unspecified atom stereocenters. The van der Waals surface area contributed by atoms with E-state index in [0.29, 0.717) is 18.7 Å². The van der Waals surface area contributed by atoms with Crippen LogP contribution in [0.4, 0.5) is 0 Å². The van der Waals surface area contributed by atoms with Gasteiger partial charge in [-0.15, -0.1) is 0 Å². The number of hydrogen-bond donors (Lipinski definition) is 1. The zero-order valence-electron chi connectivity index (χ0n) is 11.4. The molecule has 3 atom stereocenters. The van der Waals surface area contributed by atoms with Crippen molar-refractivity contribution in [2.45, 2.75) is 64.3 Å². The summed E-state index contributed by atoms with van der Waals surface area (Å²) in [5, 5.41) is 3.38. The molecule has 0 aromatic rings. The summed E-state index contributed by atoms with van der Waals surface area (Å²) in [5.41, 5.74) is 0.763. The second kappa shape index (κ2) is 5.85. The van der Waals surface area contributed by atoms with Crippen molar-refractivity contribution in [1.29, 1.82) is 0 Å². The SMILES string of the molecule is CCOC(=O)C1=C[C@H](OC(CC)CC)[C@@H]2N[C@@H]2C1. The van der Waals surface area contributed by atoms with E-state index < -0.39 is 0 Å². The Morgan fingerprint density at radius 1 is 1.44 bits per heavy atom. The Balaban J connectivity index is 2.00. The fraction of sp³-hybridized carbons (Fsp3) is 0.786. The first-order chi connectivity index (χ1) is 8.69. The van der Waals surface area contributed by atoms with Gasteiger partial charge < -0.3 is 14.8 Å². The first kappa shape index (κ1) is 13.6. The normalized spacial score (nSPS) is 29.8. The van der Waals surface area contributed by atoms with E-state index in [1.54, 1.807) is 0 Å². The van der Waals surface area contributed by atoms with E-state index in [9.17, 15) is 4.79 Å². The van der Waals surface area contributed by atoms with Crippen LogP contribution in [0.25, 0.3) is 0 Å². The second-order valence-corrected chi connectivity index (χ2v) is 4.95. The molecule has 102 valence electrons. The topological polar surface area (TPSA) is 57.5 Å². The Kier molecular flexibility index (Phi) is 4.40. The number of ether oxygens (including phenoxy) is 2. The highest BCUT2D eigenvalue weighted by atomic mass is 16.5. The Bertz CT molecular complexity index is 336. The maximum absolute atomic E-state index is 11.8. The zero-order valence-corrected chi connectivity index (χ0v) is 11.4. The molecule has 0 spiro atoms. The molecule has 2 rings (SSSR count). The molecular weight excluding hydrogens is 230 g/mol. The Morgan fingerprint density at radius 2 is 2.17 bits per heavy atom. The number of fused-ring (bicyclic) bond motifs is 1. The molecule has 0 saturated carbocycles. The summed E-state index contributed by atoms with van der Waals surface area (Å²) in [7, 11) is 0. The van der Waals surface area contributed by atoms with Gasteiger partial charge in [0, 0.05) is 11.6 Å². The molecule has 1 heterocycles. The monoisotopic (exact) mass is 253 g/mol. The first-order valence-electron chi connectivity index (χ1n) is 6.98. The minimum absolute atomic E-state index is 0.0213. The fourth-order valence-electron chi connectivity index (χ4n) is 2.51. The van der Waals surface area contributed by atoms with Crippen LogP contribution >= 0.6 is 0 Å². The number of hydrogen-bond acceptors (Lipinski definition) is 4.